The quantitative estimate of drug-likeness (QED) is 0.0972. The van der Waals surface area contributed by atoms with Gasteiger partial charge in [-0.25, -0.2) is 0 Å². The van der Waals surface area contributed by atoms with Gasteiger partial charge in [0.2, 0.25) is 4.47 Å². The Kier molecular flexibility index (Phi) is 13.3. The molecule has 0 radical (unpaired) electrons. The van der Waals surface area contributed by atoms with Crippen LogP contribution in [0.2, 0.25) is 9.49 Å². The van der Waals surface area contributed by atoms with Gasteiger partial charge in [0, 0.05) is 11.4 Å². The Balaban J connectivity index is 1.26. The van der Waals surface area contributed by atoms with Crippen LogP contribution in [0.4, 0.5) is 0 Å². The fourth-order valence-corrected chi connectivity index (χ4v) is 7.51. The number of nitrogens with zero attached hydrogens (tertiary/aromatic N) is 2. The standard InChI is InChI=1S/C43H40Cl2N2O5S/c44-36-22-21-34(23-35(36)24-38-46-47-43(45)53-38)39-41(50-27-32-17-9-3-10-18-32)42(51-28-33-19-11-4-12-20-33)40(49-26-31-15-7-2-8-16-31)37(52-39)29-48-25-30-13-5-1-6-14-30/h1-23,37,39-42H,24-29H2/t37-,39+,40-,41+,42+/m1/s1. The topological polar surface area (TPSA) is 71.9 Å². The third-order valence-corrected chi connectivity index (χ3v) is 10.5. The van der Waals surface area contributed by atoms with E-state index in [2.05, 4.69) is 52.7 Å². The van der Waals surface area contributed by atoms with Gasteiger partial charge in [-0.2, -0.15) is 0 Å². The zero-order valence-electron chi connectivity index (χ0n) is 29.0. The van der Waals surface area contributed by atoms with E-state index in [4.69, 9.17) is 46.9 Å². The monoisotopic (exact) mass is 766 g/mol. The molecule has 7 nitrogen and oxygen atoms in total. The van der Waals surface area contributed by atoms with Gasteiger partial charge in [-0.15, -0.1) is 10.2 Å². The first-order valence-electron chi connectivity index (χ1n) is 17.6. The van der Waals surface area contributed by atoms with Gasteiger partial charge in [0.15, 0.2) is 0 Å². The first-order chi connectivity index (χ1) is 26.1. The van der Waals surface area contributed by atoms with Crippen molar-refractivity contribution in [3.05, 3.63) is 187 Å². The molecule has 272 valence electrons. The van der Waals surface area contributed by atoms with Crippen LogP contribution in [0.15, 0.2) is 140 Å². The lowest BCUT2D eigenvalue weighted by Gasteiger charge is -2.46. The Labute approximate surface area is 324 Å². The number of rotatable bonds is 16. The van der Waals surface area contributed by atoms with Crippen LogP contribution in [0.25, 0.3) is 0 Å². The van der Waals surface area contributed by atoms with Gasteiger partial charge in [-0.05, 0) is 51.0 Å². The third-order valence-electron chi connectivity index (χ3n) is 9.07. The Hall–Kier alpha value is -3.96. The second kappa shape index (κ2) is 18.9. The van der Waals surface area contributed by atoms with Crippen LogP contribution in [0.3, 0.4) is 0 Å². The van der Waals surface area contributed by atoms with Crippen molar-refractivity contribution < 1.29 is 23.7 Å². The van der Waals surface area contributed by atoms with E-state index < -0.39 is 30.5 Å². The van der Waals surface area contributed by atoms with E-state index in [-0.39, 0.29) is 6.61 Å². The van der Waals surface area contributed by atoms with E-state index in [0.29, 0.717) is 42.3 Å². The van der Waals surface area contributed by atoms with Gasteiger partial charge in [-0.1, -0.05) is 156 Å². The minimum atomic E-state index is -0.574. The van der Waals surface area contributed by atoms with Crippen LogP contribution in [0.1, 0.15) is 44.5 Å². The van der Waals surface area contributed by atoms with E-state index >= 15 is 0 Å². The number of ether oxygens (including phenoxy) is 5. The maximum absolute atomic E-state index is 7.10. The summed E-state index contributed by atoms with van der Waals surface area (Å²) in [7, 11) is 0. The summed E-state index contributed by atoms with van der Waals surface area (Å²) in [6.07, 6.45) is -2.26. The summed E-state index contributed by atoms with van der Waals surface area (Å²) in [5, 5.41) is 9.59. The van der Waals surface area contributed by atoms with Crippen LogP contribution >= 0.6 is 34.5 Å². The van der Waals surface area contributed by atoms with Crippen molar-refractivity contribution in [2.45, 2.75) is 63.4 Å². The Morgan fingerprint density at radius 2 is 1.08 bits per heavy atom. The largest absolute Gasteiger partial charge is 0.374 e. The summed E-state index contributed by atoms with van der Waals surface area (Å²) >= 11 is 14.2. The molecule has 1 aromatic heterocycles. The minimum absolute atomic E-state index is 0.269. The third kappa shape index (κ3) is 10.4. The highest BCUT2D eigenvalue weighted by Crippen LogP contribution is 2.40. The van der Waals surface area contributed by atoms with Crippen LogP contribution in [0.5, 0.6) is 0 Å². The number of hydrogen-bond donors (Lipinski definition) is 0. The molecular weight excluding hydrogens is 727 g/mol. The zero-order valence-corrected chi connectivity index (χ0v) is 31.3. The van der Waals surface area contributed by atoms with Crippen LogP contribution in [-0.2, 0) is 56.5 Å². The van der Waals surface area contributed by atoms with Crippen LogP contribution in [-0.4, -0.2) is 41.2 Å². The SMILES string of the molecule is Clc1nnc(Cc2cc([C@@H]3O[C@H](COCc4ccccc4)[C@@H](OCc4ccccc4)[C@H](OCc4ccccc4)[C@H]3OCc3ccccc3)ccc2Cl)s1. The Bertz CT molecular complexity index is 1990. The van der Waals surface area contributed by atoms with Crippen molar-refractivity contribution >= 4 is 34.5 Å². The number of benzene rings is 5. The van der Waals surface area contributed by atoms with Crippen LogP contribution < -0.4 is 0 Å². The summed E-state index contributed by atoms with van der Waals surface area (Å²) in [5.41, 5.74) is 5.96. The van der Waals surface area contributed by atoms with E-state index in [1.54, 1.807) is 0 Å². The molecule has 6 aromatic rings. The second-order valence-corrected chi connectivity index (χ2v) is 14.9. The molecule has 7 rings (SSSR count). The first-order valence-corrected chi connectivity index (χ1v) is 19.2. The molecular formula is C43H40Cl2N2O5S. The average molecular weight is 768 g/mol. The predicted molar refractivity (Wildman–Crippen MR) is 208 cm³/mol. The lowest BCUT2D eigenvalue weighted by atomic mass is 9.89. The van der Waals surface area contributed by atoms with Crippen molar-refractivity contribution in [2.24, 2.45) is 0 Å². The molecule has 0 saturated carbocycles. The molecule has 5 atom stereocenters. The summed E-state index contributed by atoms with van der Waals surface area (Å²) in [4.78, 5) is 0. The maximum atomic E-state index is 7.10. The zero-order chi connectivity index (χ0) is 36.2. The summed E-state index contributed by atoms with van der Waals surface area (Å²) < 4.78 is 34.5. The lowest BCUT2D eigenvalue weighted by molar-refractivity contribution is -0.275. The van der Waals surface area contributed by atoms with Crippen molar-refractivity contribution in [2.75, 3.05) is 6.61 Å². The van der Waals surface area contributed by atoms with E-state index in [1.165, 1.54) is 11.3 Å². The van der Waals surface area contributed by atoms with E-state index in [9.17, 15) is 0 Å². The second-order valence-electron chi connectivity index (χ2n) is 12.9. The first kappa shape index (κ1) is 37.4. The highest BCUT2D eigenvalue weighted by Gasteiger charge is 2.49. The molecule has 1 fully saturated rings. The number of aromatic nitrogens is 2. The highest BCUT2D eigenvalue weighted by molar-refractivity contribution is 7.15. The fourth-order valence-electron chi connectivity index (χ4n) is 6.43. The Morgan fingerprint density at radius 1 is 0.566 bits per heavy atom. The van der Waals surface area contributed by atoms with Gasteiger partial charge < -0.3 is 23.7 Å². The fraction of sp³-hybridized carbons (Fsp3) is 0.256. The van der Waals surface area contributed by atoms with Crippen LogP contribution in [0, 0.1) is 0 Å². The Morgan fingerprint density at radius 3 is 1.60 bits per heavy atom. The molecule has 53 heavy (non-hydrogen) atoms. The molecule has 1 aliphatic rings. The average Bonchev–Trinajstić information content (AvgIpc) is 3.62. The van der Waals surface area contributed by atoms with Gasteiger partial charge in [0.1, 0.15) is 35.5 Å². The minimum Gasteiger partial charge on any atom is -0.374 e. The molecule has 10 heteroatoms. The highest BCUT2D eigenvalue weighted by atomic mass is 35.5. The van der Waals surface area contributed by atoms with Crippen molar-refractivity contribution in [3.63, 3.8) is 0 Å². The molecule has 0 unspecified atom stereocenters. The molecule has 0 amide bonds. The lowest BCUT2D eigenvalue weighted by Crippen LogP contribution is -2.58. The van der Waals surface area contributed by atoms with Gasteiger partial charge in [0.25, 0.3) is 0 Å². The molecule has 0 N–H and O–H groups in total. The smallest absolute Gasteiger partial charge is 0.207 e. The summed E-state index contributed by atoms with van der Waals surface area (Å²) in [5.74, 6) is 0. The van der Waals surface area contributed by atoms with Crippen molar-refractivity contribution in [3.8, 4) is 0 Å². The molecule has 2 heterocycles. The molecule has 1 aliphatic heterocycles. The van der Waals surface area contributed by atoms with E-state index in [1.807, 2.05) is 97.1 Å². The maximum Gasteiger partial charge on any atom is 0.207 e. The van der Waals surface area contributed by atoms with Gasteiger partial charge >= 0.3 is 0 Å². The normalized spacial score (nSPS) is 20.0. The summed E-state index contributed by atoms with van der Waals surface area (Å²) in [6, 6.07) is 46.4. The number of halogens is 2. The molecule has 0 aliphatic carbocycles. The molecule has 0 bridgehead atoms. The predicted octanol–water partition coefficient (Wildman–Crippen LogP) is 9.85. The van der Waals surface area contributed by atoms with Crippen molar-refractivity contribution in [1.82, 2.24) is 10.2 Å². The number of hydrogen-bond acceptors (Lipinski definition) is 8. The van der Waals surface area contributed by atoms with Crippen molar-refractivity contribution in [1.29, 1.82) is 0 Å². The molecule has 5 aromatic carbocycles. The van der Waals surface area contributed by atoms with Gasteiger partial charge in [0.05, 0.1) is 33.0 Å². The molecule has 1 saturated heterocycles. The van der Waals surface area contributed by atoms with Gasteiger partial charge in [-0.3, -0.25) is 0 Å². The molecule has 0 spiro atoms. The summed E-state index contributed by atoms with van der Waals surface area (Å²) in [6.45, 7) is 1.76. The van der Waals surface area contributed by atoms with E-state index in [0.717, 1.165) is 38.4 Å².